The predicted octanol–water partition coefficient (Wildman–Crippen LogP) is 4.88. The molecule has 0 aliphatic carbocycles. The summed E-state index contributed by atoms with van der Waals surface area (Å²) in [7, 11) is 0. The first-order valence-corrected chi connectivity index (χ1v) is 10.5. The molecule has 0 radical (unpaired) electrons. The SMILES string of the molecule is CC(OCOc1ccccc1COCCOCOc1ccccc1)C(=O)c1ccccc1. The van der Waals surface area contributed by atoms with E-state index in [1.165, 1.54) is 0 Å². The van der Waals surface area contributed by atoms with E-state index < -0.39 is 6.10 Å². The molecule has 0 fully saturated rings. The summed E-state index contributed by atoms with van der Waals surface area (Å²) in [6.45, 7) is 3.07. The Morgan fingerprint density at radius 1 is 0.750 bits per heavy atom. The number of hydrogen-bond acceptors (Lipinski definition) is 6. The highest BCUT2D eigenvalue weighted by atomic mass is 16.7. The van der Waals surface area contributed by atoms with Gasteiger partial charge in [-0.05, 0) is 25.1 Å². The zero-order valence-corrected chi connectivity index (χ0v) is 18.1. The summed E-state index contributed by atoms with van der Waals surface area (Å²) >= 11 is 0. The Morgan fingerprint density at radius 3 is 2.19 bits per heavy atom. The Labute approximate surface area is 188 Å². The van der Waals surface area contributed by atoms with E-state index in [1.807, 2.05) is 72.8 Å². The van der Waals surface area contributed by atoms with Gasteiger partial charge in [0.15, 0.2) is 19.4 Å². The first-order valence-electron chi connectivity index (χ1n) is 10.5. The number of rotatable bonds is 14. The number of para-hydroxylation sites is 2. The number of ketones is 1. The number of carbonyl (C=O) groups excluding carboxylic acids is 1. The molecule has 0 aliphatic rings. The van der Waals surface area contributed by atoms with E-state index in [0.29, 0.717) is 31.1 Å². The number of Topliss-reactive ketones (excluding diaryl/α,β-unsaturated/α-hetero) is 1. The maximum absolute atomic E-state index is 12.4. The topological polar surface area (TPSA) is 63.2 Å². The lowest BCUT2D eigenvalue weighted by molar-refractivity contribution is -0.0249. The molecule has 3 aromatic rings. The van der Waals surface area contributed by atoms with Crippen molar-refractivity contribution in [1.82, 2.24) is 0 Å². The fraction of sp³-hybridized carbons (Fsp3) is 0.269. The van der Waals surface area contributed by atoms with E-state index in [4.69, 9.17) is 23.7 Å². The number of ether oxygens (including phenoxy) is 5. The molecule has 168 valence electrons. The van der Waals surface area contributed by atoms with Crippen LogP contribution in [0.25, 0.3) is 0 Å². The van der Waals surface area contributed by atoms with Gasteiger partial charge in [0.05, 0.1) is 19.8 Å². The van der Waals surface area contributed by atoms with Crippen LogP contribution in [0.1, 0.15) is 22.8 Å². The maximum Gasteiger partial charge on any atom is 0.191 e. The summed E-state index contributed by atoms with van der Waals surface area (Å²) in [4.78, 5) is 12.4. The molecule has 6 heteroatoms. The summed E-state index contributed by atoms with van der Waals surface area (Å²) < 4.78 is 27.9. The van der Waals surface area contributed by atoms with E-state index in [2.05, 4.69) is 0 Å². The fourth-order valence-corrected chi connectivity index (χ4v) is 2.86. The third-order valence-electron chi connectivity index (χ3n) is 4.61. The van der Waals surface area contributed by atoms with Crippen LogP contribution in [0.5, 0.6) is 11.5 Å². The molecule has 0 N–H and O–H groups in total. The Morgan fingerprint density at radius 2 is 1.41 bits per heavy atom. The molecule has 0 saturated carbocycles. The Balaban J connectivity index is 1.34. The predicted molar refractivity (Wildman–Crippen MR) is 121 cm³/mol. The summed E-state index contributed by atoms with van der Waals surface area (Å²) in [6, 6.07) is 26.1. The van der Waals surface area contributed by atoms with E-state index in [0.717, 1.165) is 11.3 Å². The minimum Gasteiger partial charge on any atom is -0.468 e. The lowest BCUT2D eigenvalue weighted by Crippen LogP contribution is -2.23. The molecule has 6 nitrogen and oxygen atoms in total. The molecule has 3 aromatic carbocycles. The molecule has 0 heterocycles. The molecule has 0 bridgehead atoms. The van der Waals surface area contributed by atoms with Gasteiger partial charge in [-0.25, -0.2) is 0 Å². The second-order valence-electron chi connectivity index (χ2n) is 6.95. The van der Waals surface area contributed by atoms with Crippen LogP contribution in [0.2, 0.25) is 0 Å². The van der Waals surface area contributed by atoms with Crippen LogP contribution in [0, 0.1) is 0 Å². The van der Waals surface area contributed by atoms with Gasteiger partial charge < -0.3 is 23.7 Å². The van der Waals surface area contributed by atoms with Crippen molar-refractivity contribution in [1.29, 1.82) is 0 Å². The van der Waals surface area contributed by atoms with Crippen LogP contribution in [0.15, 0.2) is 84.9 Å². The molecule has 32 heavy (non-hydrogen) atoms. The monoisotopic (exact) mass is 436 g/mol. The number of benzene rings is 3. The van der Waals surface area contributed by atoms with Crippen LogP contribution in [0.3, 0.4) is 0 Å². The van der Waals surface area contributed by atoms with Gasteiger partial charge in [0.25, 0.3) is 0 Å². The third kappa shape index (κ3) is 7.81. The number of carbonyl (C=O) groups is 1. The lowest BCUT2D eigenvalue weighted by atomic mass is 10.1. The molecule has 0 aromatic heterocycles. The van der Waals surface area contributed by atoms with E-state index >= 15 is 0 Å². The smallest absolute Gasteiger partial charge is 0.191 e. The van der Waals surface area contributed by atoms with Crippen molar-refractivity contribution in [3.05, 3.63) is 96.1 Å². The van der Waals surface area contributed by atoms with Crippen LogP contribution in [0.4, 0.5) is 0 Å². The Bertz CT molecular complexity index is 929. The largest absolute Gasteiger partial charge is 0.468 e. The van der Waals surface area contributed by atoms with Gasteiger partial charge >= 0.3 is 0 Å². The highest BCUT2D eigenvalue weighted by Crippen LogP contribution is 2.19. The summed E-state index contributed by atoms with van der Waals surface area (Å²) in [6.07, 6.45) is -0.601. The van der Waals surface area contributed by atoms with Crippen molar-refractivity contribution in [2.45, 2.75) is 19.6 Å². The molecular weight excluding hydrogens is 408 g/mol. The minimum absolute atomic E-state index is 0.0311. The second kappa shape index (κ2) is 13.3. The van der Waals surface area contributed by atoms with Crippen LogP contribution < -0.4 is 9.47 Å². The lowest BCUT2D eigenvalue weighted by Gasteiger charge is -2.15. The minimum atomic E-state index is -0.601. The highest BCUT2D eigenvalue weighted by molar-refractivity contribution is 5.99. The molecular formula is C26H28O6. The normalized spacial score (nSPS) is 11.7. The van der Waals surface area contributed by atoms with Crippen molar-refractivity contribution in [3.8, 4) is 11.5 Å². The van der Waals surface area contributed by atoms with Gasteiger partial charge in [0, 0.05) is 11.1 Å². The Hall–Kier alpha value is -3.19. The van der Waals surface area contributed by atoms with Gasteiger partial charge in [0.1, 0.15) is 17.6 Å². The first kappa shape index (κ1) is 23.5. The van der Waals surface area contributed by atoms with Crippen molar-refractivity contribution < 1.29 is 28.5 Å². The summed E-state index contributed by atoms with van der Waals surface area (Å²) in [5.41, 5.74) is 1.50. The van der Waals surface area contributed by atoms with Crippen molar-refractivity contribution in [2.24, 2.45) is 0 Å². The van der Waals surface area contributed by atoms with Crippen LogP contribution >= 0.6 is 0 Å². The third-order valence-corrected chi connectivity index (χ3v) is 4.61. The summed E-state index contributed by atoms with van der Waals surface area (Å²) in [5.74, 6) is 1.34. The maximum atomic E-state index is 12.4. The van der Waals surface area contributed by atoms with E-state index in [1.54, 1.807) is 19.1 Å². The average molecular weight is 437 g/mol. The molecule has 0 aliphatic heterocycles. The zero-order valence-electron chi connectivity index (χ0n) is 18.1. The second-order valence-corrected chi connectivity index (χ2v) is 6.95. The van der Waals surface area contributed by atoms with E-state index in [9.17, 15) is 4.79 Å². The standard InChI is InChI=1S/C26H28O6/c1-21(26(27)22-10-4-2-5-11-22)30-20-32-25-15-9-8-12-23(25)18-28-16-17-29-19-31-24-13-6-3-7-14-24/h2-15,21H,16-20H2,1H3. The van der Waals surface area contributed by atoms with Gasteiger partial charge in [-0.1, -0.05) is 66.7 Å². The van der Waals surface area contributed by atoms with Gasteiger partial charge in [-0.3, -0.25) is 4.79 Å². The molecule has 1 unspecified atom stereocenters. The van der Waals surface area contributed by atoms with Crippen molar-refractivity contribution >= 4 is 5.78 Å². The van der Waals surface area contributed by atoms with Crippen molar-refractivity contribution in [2.75, 3.05) is 26.8 Å². The Kier molecular flexibility index (Phi) is 9.73. The molecule has 3 rings (SSSR count). The van der Waals surface area contributed by atoms with E-state index in [-0.39, 0.29) is 19.4 Å². The van der Waals surface area contributed by atoms with Crippen LogP contribution in [-0.2, 0) is 20.8 Å². The zero-order chi connectivity index (χ0) is 22.4. The highest BCUT2D eigenvalue weighted by Gasteiger charge is 2.15. The summed E-state index contributed by atoms with van der Waals surface area (Å²) in [5, 5.41) is 0. The molecule has 0 amide bonds. The van der Waals surface area contributed by atoms with Crippen LogP contribution in [-0.4, -0.2) is 38.7 Å². The first-order chi connectivity index (χ1) is 15.7. The van der Waals surface area contributed by atoms with Gasteiger partial charge in [0.2, 0.25) is 0 Å². The molecule has 0 spiro atoms. The van der Waals surface area contributed by atoms with Crippen molar-refractivity contribution in [3.63, 3.8) is 0 Å². The fourth-order valence-electron chi connectivity index (χ4n) is 2.86. The quantitative estimate of drug-likeness (QED) is 0.204. The number of hydrogen-bond donors (Lipinski definition) is 0. The van der Waals surface area contributed by atoms with Gasteiger partial charge in [-0.2, -0.15) is 0 Å². The average Bonchev–Trinajstić information content (AvgIpc) is 2.85. The van der Waals surface area contributed by atoms with Gasteiger partial charge in [-0.15, -0.1) is 0 Å². The molecule has 0 saturated heterocycles. The molecule has 1 atom stereocenters.